The fourth-order valence-corrected chi connectivity index (χ4v) is 3.51. The molecule has 1 atom stereocenters. The number of nitrogens with zero attached hydrogens (tertiary/aromatic N) is 1. The van der Waals surface area contributed by atoms with E-state index in [0.717, 1.165) is 11.3 Å². The first-order valence-electron chi connectivity index (χ1n) is 6.48. The van der Waals surface area contributed by atoms with Gasteiger partial charge in [0.2, 0.25) is 10.0 Å². The Bertz CT molecular complexity index is 632. The lowest BCUT2D eigenvalue weighted by molar-refractivity contribution is 0.0575. The van der Waals surface area contributed by atoms with Crippen LogP contribution < -0.4 is 9.46 Å². The second kappa shape index (κ2) is 5.43. The molecule has 0 amide bonds. The zero-order chi connectivity index (χ0) is 14.8. The summed E-state index contributed by atoms with van der Waals surface area (Å²) in [7, 11) is -3.47. The predicted octanol–water partition coefficient (Wildman–Crippen LogP) is 1.60. The minimum atomic E-state index is -3.47. The average molecular weight is 294 g/mol. The van der Waals surface area contributed by atoms with Crippen molar-refractivity contribution in [2.75, 3.05) is 5.75 Å². The third-order valence-corrected chi connectivity index (χ3v) is 4.80. The largest absolute Gasteiger partial charge is 0.486 e. The highest BCUT2D eigenvalue weighted by molar-refractivity contribution is 7.89. The minimum absolute atomic E-state index is 0.0140. The highest BCUT2D eigenvalue weighted by Gasteiger charge is 2.38. The molecule has 0 spiro atoms. The molecule has 2 rings (SSSR count). The van der Waals surface area contributed by atoms with Crippen molar-refractivity contribution in [2.24, 2.45) is 0 Å². The van der Waals surface area contributed by atoms with Gasteiger partial charge in [-0.15, -0.1) is 0 Å². The summed E-state index contributed by atoms with van der Waals surface area (Å²) in [5.74, 6) is 0.613. The van der Waals surface area contributed by atoms with Crippen LogP contribution in [0.4, 0.5) is 0 Å². The molecule has 108 valence electrons. The van der Waals surface area contributed by atoms with E-state index in [2.05, 4.69) is 4.72 Å². The maximum absolute atomic E-state index is 11.9. The van der Waals surface area contributed by atoms with Gasteiger partial charge in [-0.1, -0.05) is 18.2 Å². The molecule has 1 aromatic carbocycles. The molecule has 1 heterocycles. The Morgan fingerprint density at radius 2 is 2.15 bits per heavy atom. The van der Waals surface area contributed by atoms with Gasteiger partial charge in [-0.3, -0.25) is 0 Å². The number of sulfonamides is 1. The van der Waals surface area contributed by atoms with E-state index in [1.807, 2.05) is 44.2 Å². The first-order valence-corrected chi connectivity index (χ1v) is 8.13. The van der Waals surface area contributed by atoms with E-state index >= 15 is 0 Å². The molecular weight excluding hydrogens is 276 g/mol. The maximum atomic E-state index is 11.9. The fraction of sp³-hybridized carbons (Fsp3) is 0.500. The molecule has 1 aliphatic rings. The van der Waals surface area contributed by atoms with Crippen molar-refractivity contribution in [3.63, 3.8) is 0 Å². The summed E-state index contributed by atoms with van der Waals surface area (Å²) in [6.07, 6.45) is 0.564. The van der Waals surface area contributed by atoms with Crippen LogP contribution in [0.3, 0.4) is 0 Å². The van der Waals surface area contributed by atoms with Gasteiger partial charge in [0.25, 0.3) is 0 Å². The number of para-hydroxylation sites is 1. The molecule has 6 heteroatoms. The molecule has 1 N–H and O–H groups in total. The Hall–Kier alpha value is -1.58. The van der Waals surface area contributed by atoms with E-state index < -0.39 is 15.6 Å². The molecule has 0 fully saturated rings. The normalized spacial score (nSPS) is 20.6. The SMILES string of the molecule is CC1(C)Oc2ccccc2CC1NS(=O)(=O)CCC#N. The van der Waals surface area contributed by atoms with Crippen LogP contribution >= 0.6 is 0 Å². The van der Waals surface area contributed by atoms with Crippen LogP contribution in [0.15, 0.2) is 24.3 Å². The van der Waals surface area contributed by atoms with Gasteiger partial charge in [0.1, 0.15) is 11.4 Å². The van der Waals surface area contributed by atoms with E-state index in [-0.39, 0.29) is 18.2 Å². The van der Waals surface area contributed by atoms with Gasteiger partial charge in [0.15, 0.2) is 0 Å². The fourth-order valence-electron chi connectivity index (χ4n) is 2.23. The van der Waals surface area contributed by atoms with Crippen LogP contribution in [0.25, 0.3) is 0 Å². The van der Waals surface area contributed by atoms with Crippen LogP contribution in [-0.2, 0) is 16.4 Å². The van der Waals surface area contributed by atoms with E-state index in [9.17, 15) is 8.42 Å². The molecule has 0 radical (unpaired) electrons. The first kappa shape index (κ1) is 14.8. The van der Waals surface area contributed by atoms with Crippen molar-refractivity contribution >= 4 is 10.0 Å². The lowest BCUT2D eigenvalue weighted by Gasteiger charge is -2.40. The molecule has 1 aliphatic heterocycles. The lowest BCUT2D eigenvalue weighted by Crippen LogP contribution is -2.56. The van der Waals surface area contributed by atoms with Crippen molar-refractivity contribution in [1.29, 1.82) is 5.26 Å². The number of benzene rings is 1. The smallest absolute Gasteiger partial charge is 0.213 e. The molecule has 20 heavy (non-hydrogen) atoms. The molecule has 0 saturated heterocycles. The molecule has 0 saturated carbocycles. The molecule has 0 aromatic heterocycles. The molecule has 0 aliphatic carbocycles. The molecule has 1 aromatic rings. The van der Waals surface area contributed by atoms with E-state index in [4.69, 9.17) is 10.00 Å². The summed E-state index contributed by atoms with van der Waals surface area (Å²) in [6, 6.07) is 9.12. The second-order valence-electron chi connectivity index (χ2n) is 5.41. The quantitative estimate of drug-likeness (QED) is 0.914. The summed E-state index contributed by atoms with van der Waals surface area (Å²) in [6.45, 7) is 3.72. The summed E-state index contributed by atoms with van der Waals surface area (Å²) < 4.78 is 32.4. The maximum Gasteiger partial charge on any atom is 0.213 e. The summed E-state index contributed by atoms with van der Waals surface area (Å²) >= 11 is 0. The number of rotatable bonds is 4. The van der Waals surface area contributed by atoms with Crippen molar-refractivity contribution in [2.45, 2.75) is 38.3 Å². The Morgan fingerprint density at radius 3 is 2.85 bits per heavy atom. The second-order valence-corrected chi connectivity index (χ2v) is 7.29. The van der Waals surface area contributed by atoms with Crippen LogP contribution in [0, 0.1) is 11.3 Å². The Balaban J connectivity index is 2.19. The third kappa shape index (κ3) is 3.30. The van der Waals surface area contributed by atoms with Crippen molar-refractivity contribution < 1.29 is 13.2 Å². The number of ether oxygens (including phenoxy) is 1. The van der Waals surface area contributed by atoms with E-state index in [1.165, 1.54) is 0 Å². The number of nitriles is 1. The van der Waals surface area contributed by atoms with Crippen LogP contribution in [0.1, 0.15) is 25.8 Å². The highest BCUT2D eigenvalue weighted by atomic mass is 32.2. The summed E-state index contributed by atoms with van der Waals surface area (Å²) in [5, 5.41) is 8.50. The zero-order valence-electron chi connectivity index (χ0n) is 11.6. The van der Waals surface area contributed by atoms with Crippen LogP contribution in [0.2, 0.25) is 0 Å². The topological polar surface area (TPSA) is 79.2 Å². The van der Waals surface area contributed by atoms with Gasteiger partial charge in [-0.2, -0.15) is 5.26 Å². The Kier molecular flexibility index (Phi) is 4.02. The number of hydrogen-bond donors (Lipinski definition) is 1. The van der Waals surface area contributed by atoms with Gasteiger partial charge in [-0.25, -0.2) is 13.1 Å². The molecule has 0 bridgehead atoms. The number of hydrogen-bond acceptors (Lipinski definition) is 4. The van der Waals surface area contributed by atoms with Crippen LogP contribution in [-0.4, -0.2) is 25.8 Å². The van der Waals surface area contributed by atoms with E-state index in [1.54, 1.807) is 0 Å². The average Bonchev–Trinajstić information content (AvgIpc) is 2.36. The van der Waals surface area contributed by atoms with E-state index in [0.29, 0.717) is 6.42 Å². The first-order chi connectivity index (χ1) is 9.34. The van der Waals surface area contributed by atoms with Gasteiger partial charge in [-0.05, 0) is 31.9 Å². The predicted molar refractivity (Wildman–Crippen MR) is 75.8 cm³/mol. The van der Waals surface area contributed by atoms with Gasteiger partial charge in [0.05, 0.1) is 24.3 Å². The van der Waals surface area contributed by atoms with Gasteiger partial charge in [0, 0.05) is 0 Å². The van der Waals surface area contributed by atoms with Gasteiger partial charge >= 0.3 is 0 Å². The molecule has 1 unspecified atom stereocenters. The minimum Gasteiger partial charge on any atom is -0.486 e. The Morgan fingerprint density at radius 1 is 1.45 bits per heavy atom. The van der Waals surface area contributed by atoms with Crippen molar-refractivity contribution in [3.05, 3.63) is 29.8 Å². The number of fused-ring (bicyclic) bond motifs is 1. The summed E-state index contributed by atoms with van der Waals surface area (Å²) in [4.78, 5) is 0. The molecule has 5 nitrogen and oxygen atoms in total. The van der Waals surface area contributed by atoms with Crippen molar-refractivity contribution in [3.8, 4) is 11.8 Å². The zero-order valence-corrected chi connectivity index (χ0v) is 12.4. The molecular formula is C14H18N2O3S. The highest BCUT2D eigenvalue weighted by Crippen LogP contribution is 2.33. The summed E-state index contributed by atoms with van der Waals surface area (Å²) in [5.41, 5.74) is 0.355. The van der Waals surface area contributed by atoms with Gasteiger partial charge < -0.3 is 4.74 Å². The monoisotopic (exact) mass is 294 g/mol. The van der Waals surface area contributed by atoms with Crippen molar-refractivity contribution in [1.82, 2.24) is 4.72 Å². The lowest BCUT2D eigenvalue weighted by atomic mass is 9.89. The van der Waals surface area contributed by atoms with Crippen LogP contribution in [0.5, 0.6) is 5.75 Å². The third-order valence-electron chi connectivity index (χ3n) is 3.41. The number of nitrogens with one attached hydrogen (secondary N) is 1. The Labute approximate surface area is 119 Å². The standard InChI is InChI=1S/C14H18N2O3S/c1-14(2)13(16-20(17,18)9-5-8-15)10-11-6-3-4-7-12(11)19-14/h3-4,6-7,13,16H,5,9-10H2,1-2H3.